The number of carbonyl (C=O) groups is 2. The average molecular weight is 338 g/mol. The van der Waals surface area contributed by atoms with Gasteiger partial charge in [0.25, 0.3) is 0 Å². The fourth-order valence-corrected chi connectivity index (χ4v) is 3.92. The van der Waals surface area contributed by atoms with Crippen molar-refractivity contribution in [1.82, 2.24) is 15.5 Å². The second-order valence-electron chi connectivity index (χ2n) is 7.28. The molecule has 1 saturated carbocycles. The average Bonchev–Trinajstić information content (AvgIpc) is 2.87. The minimum absolute atomic E-state index is 0.0295. The van der Waals surface area contributed by atoms with Crippen LogP contribution in [-0.4, -0.2) is 48.4 Å². The van der Waals surface area contributed by atoms with E-state index in [0.29, 0.717) is 19.0 Å². The van der Waals surface area contributed by atoms with E-state index in [4.69, 9.17) is 0 Å². The number of amides is 2. The molecule has 2 amide bonds. The van der Waals surface area contributed by atoms with E-state index in [1.54, 1.807) is 4.90 Å². The molecular formula is C19H35N3O2. The Balaban J connectivity index is 1.70. The van der Waals surface area contributed by atoms with Gasteiger partial charge in [-0.05, 0) is 38.5 Å². The second kappa shape index (κ2) is 10.7. The van der Waals surface area contributed by atoms with E-state index >= 15 is 0 Å². The van der Waals surface area contributed by atoms with E-state index in [9.17, 15) is 9.59 Å². The van der Waals surface area contributed by atoms with Gasteiger partial charge in [0.1, 0.15) is 6.04 Å². The second-order valence-corrected chi connectivity index (χ2v) is 7.28. The van der Waals surface area contributed by atoms with Gasteiger partial charge >= 0.3 is 0 Å². The van der Waals surface area contributed by atoms with Crippen LogP contribution in [-0.2, 0) is 9.59 Å². The maximum atomic E-state index is 12.5. The van der Waals surface area contributed by atoms with Crippen molar-refractivity contribution in [3.63, 3.8) is 0 Å². The number of hydrogen-bond acceptors (Lipinski definition) is 3. The normalized spacial score (nSPS) is 22.9. The van der Waals surface area contributed by atoms with Crippen LogP contribution < -0.4 is 10.6 Å². The molecule has 1 atom stereocenters. The van der Waals surface area contributed by atoms with Gasteiger partial charge in [0, 0.05) is 32.1 Å². The van der Waals surface area contributed by atoms with Crippen LogP contribution in [0.5, 0.6) is 0 Å². The number of carbonyl (C=O) groups excluding carboxylic acids is 2. The summed E-state index contributed by atoms with van der Waals surface area (Å²) < 4.78 is 0. The van der Waals surface area contributed by atoms with Crippen LogP contribution in [0.2, 0.25) is 0 Å². The van der Waals surface area contributed by atoms with Gasteiger partial charge in [-0.3, -0.25) is 9.59 Å². The lowest BCUT2D eigenvalue weighted by Gasteiger charge is -2.34. The highest BCUT2D eigenvalue weighted by atomic mass is 16.2. The van der Waals surface area contributed by atoms with Gasteiger partial charge in [0.05, 0.1) is 0 Å². The molecule has 138 valence electrons. The lowest BCUT2D eigenvalue weighted by atomic mass is 10.0. The fraction of sp³-hybridized carbons (Fsp3) is 0.895. The summed E-state index contributed by atoms with van der Waals surface area (Å²) in [4.78, 5) is 26.5. The highest BCUT2D eigenvalue weighted by molar-refractivity contribution is 5.87. The molecule has 1 aliphatic heterocycles. The number of piperidine rings is 1. The van der Waals surface area contributed by atoms with Crippen molar-refractivity contribution in [3.05, 3.63) is 0 Å². The predicted octanol–water partition coefficient (Wildman–Crippen LogP) is 2.60. The van der Waals surface area contributed by atoms with Crippen molar-refractivity contribution in [1.29, 1.82) is 0 Å². The summed E-state index contributed by atoms with van der Waals surface area (Å²) in [6.45, 7) is 4.22. The standard InChI is InChI=1S/C19H35N3O2/c1-2-9-18(23)22-15-8-7-12-17(22)19(24)21-14-13-20-16-10-5-3-4-6-11-16/h16-17,20H,2-15H2,1H3,(H,21,24). The minimum Gasteiger partial charge on any atom is -0.353 e. The first-order valence-electron chi connectivity index (χ1n) is 10.0. The van der Waals surface area contributed by atoms with E-state index in [-0.39, 0.29) is 17.9 Å². The SMILES string of the molecule is CCCC(=O)N1CCCCC1C(=O)NCCNC1CCCCCC1. The van der Waals surface area contributed by atoms with Gasteiger partial charge in [-0.15, -0.1) is 0 Å². The third-order valence-corrected chi connectivity index (χ3v) is 5.30. The van der Waals surface area contributed by atoms with Crippen LogP contribution in [0.3, 0.4) is 0 Å². The van der Waals surface area contributed by atoms with Crippen molar-refractivity contribution < 1.29 is 9.59 Å². The summed E-state index contributed by atoms with van der Waals surface area (Å²) in [6.07, 6.45) is 12.1. The molecule has 0 aromatic carbocycles. The minimum atomic E-state index is -0.254. The van der Waals surface area contributed by atoms with Crippen LogP contribution in [0.25, 0.3) is 0 Å². The molecule has 1 heterocycles. The lowest BCUT2D eigenvalue weighted by Crippen LogP contribution is -2.52. The number of nitrogens with one attached hydrogen (secondary N) is 2. The van der Waals surface area contributed by atoms with Crippen LogP contribution >= 0.6 is 0 Å². The summed E-state index contributed by atoms with van der Waals surface area (Å²) >= 11 is 0. The molecule has 0 aromatic heterocycles. The zero-order valence-electron chi connectivity index (χ0n) is 15.3. The van der Waals surface area contributed by atoms with E-state index in [2.05, 4.69) is 10.6 Å². The monoisotopic (exact) mass is 337 g/mol. The Morgan fingerprint density at radius 3 is 2.38 bits per heavy atom. The summed E-state index contributed by atoms with van der Waals surface area (Å²) in [5.41, 5.74) is 0. The van der Waals surface area contributed by atoms with E-state index in [1.807, 2.05) is 6.92 Å². The Hall–Kier alpha value is -1.10. The Morgan fingerprint density at radius 1 is 0.958 bits per heavy atom. The summed E-state index contributed by atoms with van der Waals surface area (Å²) in [5.74, 6) is 0.163. The fourth-order valence-electron chi connectivity index (χ4n) is 3.92. The first-order valence-corrected chi connectivity index (χ1v) is 10.0. The van der Waals surface area contributed by atoms with Gasteiger partial charge in [0.2, 0.25) is 11.8 Å². The third-order valence-electron chi connectivity index (χ3n) is 5.30. The molecule has 0 radical (unpaired) electrons. The molecule has 5 nitrogen and oxygen atoms in total. The van der Waals surface area contributed by atoms with Gasteiger partial charge in [0.15, 0.2) is 0 Å². The molecule has 1 aliphatic carbocycles. The topological polar surface area (TPSA) is 61.4 Å². The summed E-state index contributed by atoms with van der Waals surface area (Å²) in [5, 5.41) is 6.62. The summed E-state index contributed by atoms with van der Waals surface area (Å²) in [7, 11) is 0. The largest absolute Gasteiger partial charge is 0.353 e. The highest BCUT2D eigenvalue weighted by Gasteiger charge is 2.31. The quantitative estimate of drug-likeness (QED) is 0.554. The smallest absolute Gasteiger partial charge is 0.242 e. The first kappa shape index (κ1) is 19.2. The molecule has 24 heavy (non-hydrogen) atoms. The van der Waals surface area contributed by atoms with Crippen molar-refractivity contribution in [2.24, 2.45) is 0 Å². The van der Waals surface area contributed by atoms with Crippen molar-refractivity contribution in [2.75, 3.05) is 19.6 Å². The van der Waals surface area contributed by atoms with Gasteiger partial charge < -0.3 is 15.5 Å². The van der Waals surface area contributed by atoms with Crippen molar-refractivity contribution >= 4 is 11.8 Å². The predicted molar refractivity (Wildman–Crippen MR) is 96.8 cm³/mol. The number of hydrogen-bond donors (Lipinski definition) is 2. The van der Waals surface area contributed by atoms with Gasteiger partial charge in [-0.2, -0.15) is 0 Å². The Bertz CT molecular complexity index is 392. The van der Waals surface area contributed by atoms with E-state index in [1.165, 1.54) is 38.5 Å². The maximum absolute atomic E-state index is 12.5. The zero-order chi connectivity index (χ0) is 17.2. The summed E-state index contributed by atoms with van der Waals surface area (Å²) in [6, 6.07) is 0.359. The molecule has 2 aliphatic rings. The maximum Gasteiger partial charge on any atom is 0.242 e. The van der Waals surface area contributed by atoms with Crippen LogP contribution in [0.15, 0.2) is 0 Å². The first-order chi connectivity index (χ1) is 11.7. The lowest BCUT2D eigenvalue weighted by molar-refractivity contribution is -0.142. The molecule has 0 spiro atoms. The molecule has 2 rings (SSSR count). The van der Waals surface area contributed by atoms with Crippen molar-refractivity contribution in [3.8, 4) is 0 Å². The number of nitrogens with zero attached hydrogens (tertiary/aromatic N) is 1. The number of likely N-dealkylation sites (tertiary alicyclic amines) is 1. The zero-order valence-corrected chi connectivity index (χ0v) is 15.3. The van der Waals surface area contributed by atoms with Crippen LogP contribution in [0, 0.1) is 0 Å². The molecule has 2 fully saturated rings. The Kier molecular flexibility index (Phi) is 8.57. The molecule has 0 bridgehead atoms. The number of rotatable bonds is 7. The Labute approximate surface area is 146 Å². The van der Waals surface area contributed by atoms with Crippen LogP contribution in [0.1, 0.15) is 77.6 Å². The molecule has 1 saturated heterocycles. The van der Waals surface area contributed by atoms with E-state index in [0.717, 1.165) is 38.8 Å². The van der Waals surface area contributed by atoms with Crippen molar-refractivity contribution in [2.45, 2.75) is 89.6 Å². The molecule has 1 unspecified atom stereocenters. The molecule has 2 N–H and O–H groups in total. The van der Waals surface area contributed by atoms with Gasteiger partial charge in [-0.25, -0.2) is 0 Å². The highest BCUT2D eigenvalue weighted by Crippen LogP contribution is 2.19. The Morgan fingerprint density at radius 2 is 1.67 bits per heavy atom. The van der Waals surface area contributed by atoms with Gasteiger partial charge in [-0.1, -0.05) is 32.6 Å². The van der Waals surface area contributed by atoms with E-state index < -0.39 is 0 Å². The molecule has 0 aromatic rings. The molecule has 5 heteroatoms. The van der Waals surface area contributed by atoms with Crippen LogP contribution in [0.4, 0.5) is 0 Å². The third kappa shape index (κ3) is 6.08. The molecular weight excluding hydrogens is 302 g/mol.